The predicted molar refractivity (Wildman–Crippen MR) is 151 cm³/mol. The van der Waals surface area contributed by atoms with E-state index in [1.165, 1.54) is 66.7 Å². The van der Waals surface area contributed by atoms with E-state index in [2.05, 4.69) is 0 Å². The maximum atomic E-state index is 13.8. The first kappa shape index (κ1) is 27.9. The van der Waals surface area contributed by atoms with Gasteiger partial charge in [-0.25, -0.2) is 5.01 Å². The number of benzene rings is 3. The van der Waals surface area contributed by atoms with Gasteiger partial charge in [0.1, 0.15) is 18.0 Å². The Kier molecular flexibility index (Phi) is 7.20. The minimum Gasteiger partial charge on any atom is -0.457 e. The number of nitrogens with zero attached hydrogens (tertiary/aromatic N) is 3. The third-order valence-corrected chi connectivity index (χ3v) is 8.84. The molecule has 0 radical (unpaired) electrons. The highest BCUT2D eigenvalue weighted by molar-refractivity contribution is 6.36. The summed E-state index contributed by atoms with van der Waals surface area (Å²) in [6, 6.07) is 15.8. The van der Waals surface area contributed by atoms with Crippen LogP contribution in [0.15, 0.2) is 66.7 Å². The van der Waals surface area contributed by atoms with Crippen molar-refractivity contribution in [2.45, 2.75) is 19.3 Å². The van der Waals surface area contributed by atoms with Crippen LogP contribution in [0.1, 0.15) is 40.0 Å². The average Bonchev–Trinajstić information content (AvgIpc) is 3.66. The first-order chi connectivity index (χ1) is 20.1. The number of hydrogen-bond acceptors (Lipinski definition) is 7. The molecule has 0 unspecified atom stereocenters. The molecule has 12 heteroatoms. The molecule has 3 aliphatic rings. The van der Waals surface area contributed by atoms with Crippen molar-refractivity contribution in [3.63, 3.8) is 0 Å². The summed E-state index contributed by atoms with van der Waals surface area (Å²) in [4.78, 5) is 64.8. The molecule has 3 aromatic carbocycles. The molecule has 2 bridgehead atoms. The fraction of sp³-hybridized carbons (Fsp3) is 0.267. The Morgan fingerprint density at radius 2 is 1.48 bits per heavy atom. The van der Waals surface area contributed by atoms with Crippen molar-refractivity contribution in [2.75, 3.05) is 6.54 Å². The van der Waals surface area contributed by atoms with Gasteiger partial charge in [0, 0.05) is 22.7 Å². The predicted octanol–water partition coefficient (Wildman–Crippen LogP) is 5.97. The Balaban J connectivity index is 1.25. The maximum absolute atomic E-state index is 13.8. The van der Waals surface area contributed by atoms with E-state index >= 15 is 0 Å². The number of hydrogen-bond donors (Lipinski definition) is 0. The average molecular weight is 608 g/mol. The van der Waals surface area contributed by atoms with Gasteiger partial charge < -0.3 is 4.74 Å². The Morgan fingerprint density at radius 1 is 0.905 bits per heavy atom. The lowest BCUT2D eigenvalue weighted by molar-refractivity contribution is -0.384. The quantitative estimate of drug-likeness (QED) is 0.134. The second-order valence-corrected chi connectivity index (χ2v) is 11.5. The fourth-order valence-corrected chi connectivity index (χ4v) is 6.86. The van der Waals surface area contributed by atoms with Crippen LogP contribution in [-0.2, 0) is 9.59 Å². The molecule has 10 nitrogen and oxygen atoms in total. The van der Waals surface area contributed by atoms with E-state index in [0.29, 0.717) is 16.5 Å². The van der Waals surface area contributed by atoms with Crippen LogP contribution in [0, 0.1) is 33.8 Å². The van der Waals surface area contributed by atoms with Crippen LogP contribution in [0.25, 0.3) is 0 Å². The Hall–Kier alpha value is -4.28. The Labute approximate surface area is 249 Å². The molecule has 6 rings (SSSR count). The van der Waals surface area contributed by atoms with Crippen LogP contribution >= 0.6 is 23.2 Å². The summed E-state index contributed by atoms with van der Waals surface area (Å²) >= 11 is 12.3. The van der Waals surface area contributed by atoms with E-state index in [1.807, 2.05) is 0 Å². The summed E-state index contributed by atoms with van der Waals surface area (Å²) in [6.07, 6.45) is 2.55. The van der Waals surface area contributed by atoms with Crippen molar-refractivity contribution >= 4 is 52.4 Å². The zero-order chi connectivity index (χ0) is 29.7. The van der Waals surface area contributed by atoms with Gasteiger partial charge in [0.05, 0.1) is 27.3 Å². The van der Waals surface area contributed by atoms with E-state index in [9.17, 15) is 29.3 Å². The number of hydrazine groups is 1. The Bertz CT molecular complexity index is 1600. The third kappa shape index (κ3) is 4.90. The highest BCUT2D eigenvalue weighted by atomic mass is 35.5. The molecule has 0 spiro atoms. The van der Waals surface area contributed by atoms with Crippen molar-refractivity contribution < 1.29 is 28.8 Å². The summed E-state index contributed by atoms with van der Waals surface area (Å²) < 4.78 is 5.70. The topological polar surface area (TPSA) is 127 Å². The first-order valence-electron chi connectivity index (χ1n) is 13.3. The first-order valence-corrected chi connectivity index (χ1v) is 14.1. The highest BCUT2D eigenvalue weighted by Crippen LogP contribution is 2.56. The molecule has 1 aliphatic heterocycles. The Morgan fingerprint density at radius 3 is 2.02 bits per heavy atom. The maximum Gasteiger partial charge on any atom is 0.274 e. The number of carbonyl (C=O) groups excluding carboxylic acids is 4. The van der Waals surface area contributed by atoms with Gasteiger partial charge in [-0.2, -0.15) is 5.01 Å². The number of nitro benzene ring substituents is 1. The largest absolute Gasteiger partial charge is 0.457 e. The number of halogens is 2. The zero-order valence-electron chi connectivity index (χ0n) is 21.9. The van der Waals surface area contributed by atoms with Gasteiger partial charge >= 0.3 is 0 Å². The van der Waals surface area contributed by atoms with Crippen LogP contribution in [0.2, 0.25) is 10.0 Å². The van der Waals surface area contributed by atoms with Crippen LogP contribution in [0.4, 0.5) is 5.69 Å². The van der Waals surface area contributed by atoms with E-state index in [0.717, 1.165) is 29.3 Å². The molecule has 2 saturated carbocycles. The van der Waals surface area contributed by atoms with Gasteiger partial charge in [-0.3, -0.25) is 29.3 Å². The summed E-state index contributed by atoms with van der Waals surface area (Å²) in [5.74, 6) is -2.26. The minimum absolute atomic E-state index is 0.00124. The highest BCUT2D eigenvalue weighted by Gasteiger charge is 2.62. The normalized spacial score (nSPS) is 22.3. The lowest BCUT2D eigenvalue weighted by Crippen LogP contribution is -2.52. The SMILES string of the molecule is O=C(CN(C(=O)c1ccc(Cl)cc1Cl)N1C(=O)[C@@H]2[C@H]3CC[C@@H](C3)[C@H]2C1=O)c1ccc(Oc2ccc([N+](=O)[O-])cc2)cc1. The van der Waals surface area contributed by atoms with Gasteiger partial charge in [0.25, 0.3) is 23.4 Å². The molecule has 42 heavy (non-hydrogen) atoms. The summed E-state index contributed by atoms with van der Waals surface area (Å²) in [6.45, 7) is -0.577. The van der Waals surface area contributed by atoms with E-state index in [1.54, 1.807) is 0 Å². The summed E-state index contributed by atoms with van der Waals surface area (Å²) in [5, 5.41) is 12.9. The van der Waals surface area contributed by atoms with Crippen molar-refractivity contribution in [1.82, 2.24) is 10.0 Å². The van der Waals surface area contributed by atoms with Gasteiger partial charge in [0.15, 0.2) is 5.78 Å². The number of rotatable bonds is 8. The molecular formula is C30H23Cl2N3O7. The van der Waals surface area contributed by atoms with Crippen molar-refractivity contribution in [1.29, 1.82) is 0 Å². The molecule has 1 heterocycles. The fourth-order valence-electron chi connectivity index (χ4n) is 6.37. The van der Waals surface area contributed by atoms with Crippen molar-refractivity contribution in [3.05, 3.63) is 98.0 Å². The second-order valence-electron chi connectivity index (χ2n) is 10.7. The van der Waals surface area contributed by atoms with Gasteiger partial charge in [-0.15, -0.1) is 0 Å². The molecule has 4 atom stereocenters. The standard InChI is InChI=1S/C30H23Cl2N3O7/c31-19-5-12-23(24(32)14-19)28(37)33(34-29(38)26-17-1-2-18(13-17)27(26)30(34)39)15-25(36)16-3-8-21(9-4-16)42-22-10-6-20(7-11-22)35(40)41/h3-12,14,17-18,26-27H,1-2,13,15H2/t17-,18-,26+,27+/m0/s1. The second kappa shape index (κ2) is 10.8. The van der Waals surface area contributed by atoms with Gasteiger partial charge in [-0.1, -0.05) is 23.2 Å². The molecular weight excluding hydrogens is 585 g/mol. The number of ether oxygens (including phenoxy) is 1. The molecule has 1 saturated heterocycles. The molecule has 0 N–H and O–H groups in total. The third-order valence-electron chi connectivity index (χ3n) is 8.29. The monoisotopic (exact) mass is 607 g/mol. The number of imide groups is 1. The number of non-ortho nitro benzene ring substituents is 1. The van der Waals surface area contributed by atoms with Crippen LogP contribution < -0.4 is 4.74 Å². The smallest absolute Gasteiger partial charge is 0.274 e. The van der Waals surface area contributed by atoms with Gasteiger partial charge in [0.2, 0.25) is 0 Å². The minimum atomic E-state index is -0.767. The molecule has 3 fully saturated rings. The summed E-state index contributed by atoms with van der Waals surface area (Å²) in [7, 11) is 0. The number of amides is 3. The lowest BCUT2D eigenvalue weighted by Gasteiger charge is -2.31. The van der Waals surface area contributed by atoms with E-state index < -0.39 is 46.8 Å². The van der Waals surface area contributed by atoms with E-state index in [4.69, 9.17) is 27.9 Å². The van der Waals surface area contributed by atoms with Crippen LogP contribution in [0.3, 0.4) is 0 Å². The van der Waals surface area contributed by atoms with Crippen molar-refractivity contribution in [2.24, 2.45) is 23.7 Å². The molecule has 3 amide bonds. The zero-order valence-corrected chi connectivity index (χ0v) is 23.5. The lowest BCUT2D eigenvalue weighted by atomic mass is 9.81. The van der Waals surface area contributed by atoms with Gasteiger partial charge in [-0.05, 0) is 85.7 Å². The molecule has 2 aliphatic carbocycles. The number of Topliss-reactive ketones (excluding diaryl/α,β-unsaturated/α-hetero) is 1. The molecule has 0 aromatic heterocycles. The number of carbonyl (C=O) groups is 4. The van der Waals surface area contributed by atoms with Crippen LogP contribution in [0.5, 0.6) is 11.5 Å². The molecule has 214 valence electrons. The van der Waals surface area contributed by atoms with Crippen LogP contribution in [-0.4, -0.2) is 45.0 Å². The number of nitro groups is 1. The summed E-state index contributed by atoms with van der Waals surface area (Å²) in [5.41, 5.74) is 0.139. The molecule has 3 aromatic rings. The number of fused-ring (bicyclic) bond motifs is 5. The van der Waals surface area contributed by atoms with Crippen molar-refractivity contribution in [3.8, 4) is 11.5 Å². The number of ketones is 1. The van der Waals surface area contributed by atoms with E-state index in [-0.39, 0.29) is 33.7 Å².